The molecule has 1 amide bonds. The van der Waals surface area contributed by atoms with Crippen LogP contribution in [0.15, 0.2) is 23.1 Å². The minimum atomic E-state index is -3.56. The number of carbonyl (C=O) groups is 1. The van der Waals surface area contributed by atoms with Crippen molar-refractivity contribution in [3.63, 3.8) is 0 Å². The van der Waals surface area contributed by atoms with Crippen LogP contribution >= 0.6 is 0 Å². The number of carbonyl (C=O) groups excluding carboxylic acids is 1. The summed E-state index contributed by atoms with van der Waals surface area (Å²) in [5, 5.41) is 2.96. The topological polar surface area (TPSA) is 66.5 Å². The molecule has 0 aliphatic carbocycles. The Labute approximate surface area is 151 Å². The number of piperidine rings is 1. The second-order valence-electron chi connectivity index (χ2n) is 6.97. The standard InChI is InChI=1S/C19H30N2O3S/c1-4-5-6-11-20-19(22)17-8-7-12-21(14-17)25(23,24)18-13-15(2)9-10-16(18)3/h9-10,13,17H,4-8,11-12,14H2,1-3H3,(H,20,22). The molecular weight excluding hydrogens is 336 g/mol. The zero-order chi connectivity index (χ0) is 18.4. The van der Waals surface area contributed by atoms with Crippen molar-refractivity contribution < 1.29 is 13.2 Å². The fraction of sp³-hybridized carbons (Fsp3) is 0.632. The van der Waals surface area contributed by atoms with Gasteiger partial charge in [0.2, 0.25) is 15.9 Å². The van der Waals surface area contributed by atoms with Crippen molar-refractivity contribution in [2.24, 2.45) is 5.92 Å². The third-order valence-corrected chi connectivity index (χ3v) is 6.80. The van der Waals surface area contributed by atoms with E-state index in [0.29, 0.717) is 18.0 Å². The van der Waals surface area contributed by atoms with Gasteiger partial charge in [0.1, 0.15) is 0 Å². The van der Waals surface area contributed by atoms with E-state index in [-0.39, 0.29) is 18.4 Å². The first-order valence-corrected chi connectivity index (χ1v) is 10.7. The summed E-state index contributed by atoms with van der Waals surface area (Å²) in [7, 11) is -3.56. The molecule has 2 rings (SSSR count). The molecule has 25 heavy (non-hydrogen) atoms. The van der Waals surface area contributed by atoms with Crippen LogP contribution in [0, 0.1) is 19.8 Å². The maximum Gasteiger partial charge on any atom is 0.243 e. The van der Waals surface area contributed by atoms with E-state index in [1.54, 1.807) is 6.07 Å². The van der Waals surface area contributed by atoms with Gasteiger partial charge in [0.25, 0.3) is 0 Å². The fourth-order valence-electron chi connectivity index (χ4n) is 3.23. The summed E-state index contributed by atoms with van der Waals surface area (Å²) < 4.78 is 27.5. The van der Waals surface area contributed by atoms with Crippen LogP contribution in [0.2, 0.25) is 0 Å². The number of nitrogens with zero attached hydrogens (tertiary/aromatic N) is 1. The van der Waals surface area contributed by atoms with Crippen LogP contribution in [0.5, 0.6) is 0 Å². The lowest BCUT2D eigenvalue weighted by molar-refractivity contribution is -0.126. The molecule has 1 saturated heterocycles. The number of rotatable bonds is 7. The second-order valence-corrected chi connectivity index (χ2v) is 8.88. The number of nitrogens with one attached hydrogen (secondary N) is 1. The van der Waals surface area contributed by atoms with Crippen LogP contribution in [0.4, 0.5) is 0 Å². The van der Waals surface area contributed by atoms with Crippen LogP contribution < -0.4 is 5.32 Å². The molecule has 140 valence electrons. The van der Waals surface area contributed by atoms with Crippen LogP contribution in [-0.2, 0) is 14.8 Å². The molecule has 0 spiro atoms. The summed E-state index contributed by atoms with van der Waals surface area (Å²) in [6, 6.07) is 5.47. The van der Waals surface area contributed by atoms with Gasteiger partial charge in [0, 0.05) is 19.6 Å². The van der Waals surface area contributed by atoms with E-state index in [0.717, 1.165) is 43.2 Å². The third kappa shape index (κ3) is 5.05. The van der Waals surface area contributed by atoms with Gasteiger partial charge in [-0.05, 0) is 50.3 Å². The van der Waals surface area contributed by atoms with E-state index in [4.69, 9.17) is 0 Å². The Balaban J connectivity index is 2.07. The van der Waals surface area contributed by atoms with Crippen molar-refractivity contribution in [3.05, 3.63) is 29.3 Å². The van der Waals surface area contributed by atoms with E-state index in [1.807, 2.05) is 26.0 Å². The zero-order valence-corrected chi connectivity index (χ0v) is 16.4. The van der Waals surface area contributed by atoms with Gasteiger partial charge < -0.3 is 5.32 Å². The molecule has 1 aliphatic heterocycles. The van der Waals surface area contributed by atoms with Gasteiger partial charge in [0.05, 0.1) is 10.8 Å². The number of hydrogen-bond donors (Lipinski definition) is 1. The number of amides is 1. The molecule has 1 heterocycles. The minimum absolute atomic E-state index is 0.0167. The monoisotopic (exact) mass is 366 g/mol. The molecule has 6 heteroatoms. The van der Waals surface area contributed by atoms with Gasteiger partial charge in [-0.3, -0.25) is 4.79 Å². The Hall–Kier alpha value is -1.40. The predicted octanol–water partition coefficient (Wildman–Crippen LogP) is 3.01. The number of benzene rings is 1. The van der Waals surface area contributed by atoms with Crippen LogP contribution in [0.1, 0.15) is 50.2 Å². The van der Waals surface area contributed by atoms with Crippen LogP contribution in [-0.4, -0.2) is 38.3 Å². The van der Waals surface area contributed by atoms with Gasteiger partial charge in [-0.15, -0.1) is 0 Å². The first-order chi connectivity index (χ1) is 11.9. The van der Waals surface area contributed by atoms with Crippen LogP contribution in [0.25, 0.3) is 0 Å². The highest BCUT2D eigenvalue weighted by Crippen LogP contribution is 2.26. The van der Waals surface area contributed by atoms with Crippen molar-refractivity contribution in [3.8, 4) is 0 Å². The first kappa shape index (κ1) is 19.9. The lowest BCUT2D eigenvalue weighted by Crippen LogP contribution is -2.45. The fourth-order valence-corrected chi connectivity index (χ4v) is 5.06. The highest BCUT2D eigenvalue weighted by Gasteiger charge is 2.33. The number of unbranched alkanes of at least 4 members (excludes halogenated alkanes) is 2. The van der Waals surface area contributed by atoms with E-state index in [9.17, 15) is 13.2 Å². The van der Waals surface area contributed by atoms with Gasteiger partial charge in [-0.2, -0.15) is 4.31 Å². The van der Waals surface area contributed by atoms with E-state index in [2.05, 4.69) is 12.2 Å². The molecule has 0 saturated carbocycles. The third-order valence-electron chi connectivity index (χ3n) is 4.80. The van der Waals surface area contributed by atoms with E-state index < -0.39 is 10.0 Å². The Kier molecular flexibility index (Phi) is 7.02. The van der Waals surface area contributed by atoms with E-state index in [1.165, 1.54) is 4.31 Å². The maximum atomic E-state index is 13.0. The molecule has 1 aromatic rings. The molecule has 5 nitrogen and oxygen atoms in total. The summed E-state index contributed by atoms with van der Waals surface area (Å²) in [6.45, 7) is 7.26. The van der Waals surface area contributed by atoms with E-state index >= 15 is 0 Å². The van der Waals surface area contributed by atoms with Crippen molar-refractivity contribution in [1.29, 1.82) is 0 Å². The van der Waals surface area contributed by atoms with Gasteiger partial charge in [0.15, 0.2) is 0 Å². The summed E-state index contributed by atoms with van der Waals surface area (Å²) in [5.74, 6) is -0.271. The minimum Gasteiger partial charge on any atom is -0.356 e. The molecule has 1 unspecified atom stereocenters. The van der Waals surface area contributed by atoms with Crippen LogP contribution in [0.3, 0.4) is 0 Å². The molecular formula is C19H30N2O3S. The summed E-state index contributed by atoms with van der Waals surface area (Å²) in [5.41, 5.74) is 1.67. The highest BCUT2D eigenvalue weighted by atomic mass is 32.2. The quantitative estimate of drug-likeness (QED) is 0.754. The Morgan fingerprint density at radius 2 is 2.04 bits per heavy atom. The van der Waals surface area contributed by atoms with Crippen molar-refractivity contribution in [2.75, 3.05) is 19.6 Å². The van der Waals surface area contributed by atoms with Gasteiger partial charge in [-0.1, -0.05) is 31.9 Å². The average Bonchev–Trinajstić information content (AvgIpc) is 2.60. The molecule has 0 bridgehead atoms. The molecule has 1 fully saturated rings. The Morgan fingerprint density at radius 3 is 2.76 bits per heavy atom. The molecule has 1 N–H and O–H groups in total. The van der Waals surface area contributed by atoms with Crippen molar-refractivity contribution in [2.45, 2.75) is 57.8 Å². The molecule has 0 radical (unpaired) electrons. The second kappa shape index (κ2) is 8.81. The molecule has 1 aliphatic rings. The highest BCUT2D eigenvalue weighted by molar-refractivity contribution is 7.89. The summed E-state index contributed by atoms with van der Waals surface area (Å²) in [6.07, 6.45) is 4.65. The molecule has 1 aromatic carbocycles. The smallest absolute Gasteiger partial charge is 0.243 e. The normalized spacial score (nSPS) is 18.9. The zero-order valence-electron chi connectivity index (χ0n) is 15.5. The van der Waals surface area contributed by atoms with Crippen molar-refractivity contribution >= 4 is 15.9 Å². The number of sulfonamides is 1. The van der Waals surface area contributed by atoms with Crippen molar-refractivity contribution in [1.82, 2.24) is 9.62 Å². The maximum absolute atomic E-state index is 13.0. The summed E-state index contributed by atoms with van der Waals surface area (Å²) >= 11 is 0. The lowest BCUT2D eigenvalue weighted by Gasteiger charge is -2.31. The molecule has 1 atom stereocenters. The lowest BCUT2D eigenvalue weighted by atomic mass is 9.99. The Bertz CT molecular complexity index is 701. The Morgan fingerprint density at radius 1 is 1.28 bits per heavy atom. The predicted molar refractivity (Wildman–Crippen MR) is 99.9 cm³/mol. The number of hydrogen-bond acceptors (Lipinski definition) is 3. The van der Waals surface area contributed by atoms with Gasteiger partial charge in [-0.25, -0.2) is 8.42 Å². The average molecular weight is 367 g/mol. The molecule has 0 aromatic heterocycles. The number of aryl methyl sites for hydroxylation is 2. The SMILES string of the molecule is CCCCCNC(=O)C1CCCN(S(=O)(=O)c2cc(C)ccc2C)C1. The largest absolute Gasteiger partial charge is 0.356 e. The first-order valence-electron chi connectivity index (χ1n) is 9.21. The summed E-state index contributed by atoms with van der Waals surface area (Å²) in [4.78, 5) is 12.7. The van der Waals surface area contributed by atoms with Gasteiger partial charge >= 0.3 is 0 Å².